The highest BCUT2D eigenvalue weighted by Crippen LogP contribution is 2.18. The predicted octanol–water partition coefficient (Wildman–Crippen LogP) is 4.93. The Bertz CT molecular complexity index is 72.0. The fourth-order valence-electron chi connectivity index (χ4n) is 1.08. The van der Waals surface area contributed by atoms with E-state index in [2.05, 4.69) is 52.1 Å². The van der Waals surface area contributed by atoms with Crippen LogP contribution in [-0.2, 0) is 0 Å². The molecule has 0 saturated heterocycles. The molecule has 0 atom stereocenters. The second kappa shape index (κ2) is 9.55. The van der Waals surface area contributed by atoms with Gasteiger partial charge in [0.1, 0.15) is 0 Å². The van der Waals surface area contributed by atoms with Crippen molar-refractivity contribution in [3.05, 3.63) is 0 Å². The van der Waals surface area contributed by atoms with Gasteiger partial charge >= 0.3 is 0 Å². The predicted molar refractivity (Wildman–Crippen MR) is 69.8 cm³/mol. The van der Waals surface area contributed by atoms with E-state index >= 15 is 0 Å². The van der Waals surface area contributed by atoms with Crippen LogP contribution in [0.1, 0.15) is 51.9 Å². The van der Waals surface area contributed by atoms with Gasteiger partial charge in [0.25, 0.3) is 0 Å². The number of unbranched alkanes of at least 4 members (excludes halogenated alkanes) is 5. The Morgan fingerprint density at radius 3 is 2.00 bits per heavy atom. The normalized spacial score (nSPS) is 10.9. The zero-order valence-corrected chi connectivity index (χ0v) is 11.6. The summed E-state index contributed by atoms with van der Waals surface area (Å²) in [7, 11) is 0. The van der Waals surface area contributed by atoms with Crippen molar-refractivity contribution in [3.63, 3.8) is 0 Å². The summed E-state index contributed by atoms with van der Waals surface area (Å²) < 4.78 is 0.844. The molecule has 0 bridgehead atoms. The highest BCUT2D eigenvalue weighted by molar-refractivity contribution is 14.2. The molecule has 0 rings (SSSR count). The van der Waals surface area contributed by atoms with E-state index < -0.39 is 0 Å². The average molecular weight is 380 g/mol. The zero-order valence-electron chi connectivity index (χ0n) is 7.28. The van der Waals surface area contributed by atoms with Crippen molar-refractivity contribution in [1.82, 2.24) is 0 Å². The second-order valence-electron chi connectivity index (χ2n) is 2.95. The Kier molecular flexibility index (Phi) is 10.8. The first-order valence-electron chi connectivity index (χ1n) is 4.55. The maximum absolute atomic E-state index is 2.50. The molecular formula is C9H18I2. The van der Waals surface area contributed by atoms with E-state index in [1.54, 1.807) is 0 Å². The lowest BCUT2D eigenvalue weighted by atomic mass is 10.1. The topological polar surface area (TPSA) is 0 Å². The Labute approximate surface area is 98.2 Å². The van der Waals surface area contributed by atoms with Gasteiger partial charge in [0, 0.05) is 0 Å². The van der Waals surface area contributed by atoms with Crippen molar-refractivity contribution in [1.29, 1.82) is 0 Å². The maximum atomic E-state index is 2.50. The molecule has 2 heteroatoms. The maximum Gasteiger partial charge on any atom is 0.0626 e. The monoisotopic (exact) mass is 380 g/mol. The molecule has 0 aliphatic heterocycles. The van der Waals surface area contributed by atoms with Crippen LogP contribution >= 0.6 is 45.2 Å². The molecule has 0 aromatic carbocycles. The van der Waals surface area contributed by atoms with E-state index in [0.29, 0.717) is 0 Å². The first-order valence-corrected chi connectivity index (χ1v) is 7.04. The number of hydrogen-bond acceptors (Lipinski definition) is 0. The van der Waals surface area contributed by atoms with Crippen molar-refractivity contribution in [2.24, 2.45) is 0 Å². The SMILES string of the molecule is CCCCCCCCC(I)I. The standard InChI is InChI=1S/C9H18I2/c1-2-3-4-5-6-7-8-9(10)11/h9H,2-8H2,1H3. The van der Waals surface area contributed by atoms with E-state index in [1.807, 2.05) is 0 Å². The van der Waals surface area contributed by atoms with Crippen LogP contribution in [0, 0.1) is 0 Å². The summed E-state index contributed by atoms with van der Waals surface area (Å²) in [5, 5.41) is 0. The number of halogens is 2. The highest BCUT2D eigenvalue weighted by Gasteiger charge is 1.96. The number of hydrogen-bond donors (Lipinski definition) is 0. The molecule has 0 unspecified atom stereocenters. The highest BCUT2D eigenvalue weighted by atomic mass is 127. The van der Waals surface area contributed by atoms with Crippen LogP contribution in [0.2, 0.25) is 0 Å². The third kappa shape index (κ3) is 11.5. The molecule has 0 aliphatic rings. The van der Waals surface area contributed by atoms with Gasteiger partial charge in [-0.15, -0.1) is 0 Å². The largest absolute Gasteiger partial charge is 0.0710 e. The van der Waals surface area contributed by atoms with Gasteiger partial charge in [-0.2, -0.15) is 0 Å². The summed E-state index contributed by atoms with van der Waals surface area (Å²) in [6, 6.07) is 0. The summed E-state index contributed by atoms with van der Waals surface area (Å²) >= 11 is 5.00. The molecule has 0 nitrogen and oxygen atoms in total. The molecule has 0 radical (unpaired) electrons. The summed E-state index contributed by atoms with van der Waals surface area (Å²) in [6.07, 6.45) is 9.96. The molecule has 0 aromatic rings. The van der Waals surface area contributed by atoms with Crippen LogP contribution in [0.15, 0.2) is 0 Å². The second-order valence-corrected chi connectivity index (χ2v) is 8.34. The van der Waals surface area contributed by atoms with E-state index in [9.17, 15) is 0 Å². The lowest BCUT2D eigenvalue weighted by Gasteiger charge is -2.01. The van der Waals surface area contributed by atoms with E-state index in [-0.39, 0.29) is 0 Å². The van der Waals surface area contributed by atoms with E-state index in [1.165, 1.54) is 44.9 Å². The first kappa shape index (κ1) is 12.5. The van der Waals surface area contributed by atoms with Gasteiger partial charge in [-0.05, 0) is 6.42 Å². The lowest BCUT2D eigenvalue weighted by Crippen LogP contribution is -1.85. The van der Waals surface area contributed by atoms with E-state index in [0.717, 1.165) is 1.93 Å². The Morgan fingerprint density at radius 2 is 1.45 bits per heavy atom. The Balaban J connectivity index is 2.80. The van der Waals surface area contributed by atoms with Gasteiger partial charge in [-0.25, -0.2) is 0 Å². The van der Waals surface area contributed by atoms with E-state index in [4.69, 9.17) is 0 Å². The third-order valence-corrected chi connectivity index (χ3v) is 3.02. The van der Waals surface area contributed by atoms with Crippen LogP contribution in [0.4, 0.5) is 0 Å². The minimum atomic E-state index is 0.844. The van der Waals surface area contributed by atoms with Crippen LogP contribution in [0.3, 0.4) is 0 Å². The molecule has 0 aromatic heterocycles. The van der Waals surface area contributed by atoms with Crippen molar-refractivity contribution < 1.29 is 0 Å². The van der Waals surface area contributed by atoms with Crippen molar-refractivity contribution >= 4 is 45.2 Å². The zero-order chi connectivity index (χ0) is 8.53. The molecule has 68 valence electrons. The molecule has 0 aliphatic carbocycles. The minimum absolute atomic E-state index is 0.844. The van der Waals surface area contributed by atoms with Crippen molar-refractivity contribution in [2.45, 2.75) is 53.8 Å². The third-order valence-electron chi connectivity index (χ3n) is 1.78. The number of alkyl halides is 2. The van der Waals surface area contributed by atoms with Crippen LogP contribution in [0.5, 0.6) is 0 Å². The van der Waals surface area contributed by atoms with Crippen LogP contribution in [-0.4, -0.2) is 1.93 Å². The Hall–Kier alpha value is 1.46. The molecule has 0 N–H and O–H groups in total. The number of rotatable bonds is 7. The van der Waals surface area contributed by atoms with Crippen molar-refractivity contribution in [3.8, 4) is 0 Å². The summed E-state index contributed by atoms with van der Waals surface area (Å²) in [6.45, 7) is 2.27. The quantitative estimate of drug-likeness (QED) is 0.334. The van der Waals surface area contributed by atoms with Gasteiger partial charge in [0.05, 0.1) is 1.93 Å². The molecule has 11 heavy (non-hydrogen) atoms. The molecule has 0 heterocycles. The summed E-state index contributed by atoms with van der Waals surface area (Å²) in [4.78, 5) is 0. The molecule has 0 saturated carbocycles. The van der Waals surface area contributed by atoms with Crippen LogP contribution in [0.25, 0.3) is 0 Å². The van der Waals surface area contributed by atoms with Crippen LogP contribution < -0.4 is 0 Å². The molecular weight excluding hydrogens is 362 g/mol. The molecule has 0 amide bonds. The van der Waals surface area contributed by atoms with Gasteiger partial charge in [0.15, 0.2) is 0 Å². The minimum Gasteiger partial charge on any atom is -0.0710 e. The lowest BCUT2D eigenvalue weighted by molar-refractivity contribution is 0.603. The van der Waals surface area contributed by atoms with Gasteiger partial charge in [0.2, 0.25) is 0 Å². The van der Waals surface area contributed by atoms with Gasteiger partial charge in [-0.3, -0.25) is 0 Å². The smallest absolute Gasteiger partial charge is 0.0626 e. The molecule has 0 spiro atoms. The fourth-order valence-corrected chi connectivity index (χ4v) is 1.96. The fraction of sp³-hybridized carbons (Fsp3) is 1.00. The average Bonchev–Trinajstić information content (AvgIpc) is 1.96. The van der Waals surface area contributed by atoms with Gasteiger partial charge in [-0.1, -0.05) is 90.6 Å². The first-order chi connectivity index (χ1) is 5.27. The van der Waals surface area contributed by atoms with Crippen molar-refractivity contribution in [2.75, 3.05) is 0 Å². The summed E-state index contributed by atoms with van der Waals surface area (Å²) in [5.41, 5.74) is 0. The Morgan fingerprint density at radius 1 is 0.909 bits per heavy atom. The summed E-state index contributed by atoms with van der Waals surface area (Å²) in [5.74, 6) is 0. The van der Waals surface area contributed by atoms with Gasteiger partial charge < -0.3 is 0 Å². The molecule has 0 fully saturated rings.